The van der Waals surface area contributed by atoms with Gasteiger partial charge in [-0.05, 0) is 19.1 Å². The Morgan fingerprint density at radius 2 is 2.28 bits per heavy atom. The van der Waals surface area contributed by atoms with Gasteiger partial charge in [0, 0.05) is 19.7 Å². The lowest BCUT2D eigenvalue weighted by Gasteiger charge is -2.12. The molecule has 0 heterocycles. The molecule has 1 atom stereocenters. The first-order valence-corrected chi connectivity index (χ1v) is 5.24. The maximum Gasteiger partial charge on any atom is 0.335 e. The third kappa shape index (κ3) is 3.42. The summed E-state index contributed by atoms with van der Waals surface area (Å²) in [5.74, 6) is -1.20. The van der Waals surface area contributed by atoms with Crippen LogP contribution < -0.4 is 5.32 Å². The fourth-order valence-electron chi connectivity index (χ4n) is 1.30. The Hall–Kier alpha value is -2.15. The number of rotatable bonds is 6. The summed E-state index contributed by atoms with van der Waals surface area (Å²) in [6.07, 6.45) is -0.108. The van der Waals surface area contributed by atoms with Gasteiger partial charge >= 0.3 is 5.97 Å². The van der Waals surface area contributed by atoms with Crippen molar-refractivity contribution < 1.29 is 19.6 Å². The van der Waals surface area contributed by atoms with Gasteiger partial charge in [0.25, 0.3) is 5.69 Å². The normalized spacial score (nSPS) is 11.9. The zero-order valence-corrected chi connectivity index (χ0v) is 10.0. The number of carboxylic acids is 1. The standard InChI is InChI=1S/C11H14N2O5/c1-7(18-2)6-12-9-4-3-8(11(14)15)5-10(9)13(16)17/h3-5,7,12H,6H2,1-2H3,(H,14,15). The van der Waals surface area contributed by atoms with Crippen LogP contribution in [0.1, 0.15) is 17.3 Å². The van der Waals surface area contributed by atoms with Crippen molar-refractivity contribution in [3.63, 3.8) is 0 Å². The molecule has 98 valence electrons. The first-order chi connectivity index (χ1) is 8.45. The van der Waals surface area contributed by atoms with Gasteiger partial charge < -0.3 is 15.2 Å². The Morgan fingerprint density at radius 1 is 1.61 bits per heavy atom. The van der Waals surface area contributed by atoms with Crippen molar-refractivity contribution in [1.29, 1.82) is 0 Å². The van der Waals surface area contributed by atoms with Gasteiger partial charge in [-0.15, -0.1) is 0 Å². The molecule has 1 unspecified atom stereocenters. The van der Waals surface area contributed by atoms with E-state index >= 15 is 0 Å². The van der Waals surface area contributed by atoms with Crippen LogP contribution in [0.4, 0.5) is 11.4 Å². The molecule has 0 fully saturated rings. The number of hydrogen-bond acceptors (Lipinski definition) is 5. The van der Waals surface area contributed by atoms with Crippen LogP contribution >= 0.6 is 0 Å². The number of anilines is 1. The summed E-state index contributed by atoms with van der Waals surface area (Å²) >= 11 is 0. The number of nitrogens with zero attached hydrogens (tertiary/aromatic N) is 1. The van der Waals surface area contributed by atoms with Crippen LogP contribution in [0.25, 0.3) is 0 Å². The highest BCUT2D eigenvalue weighted by atomic mass is 16.6. The highest BCUT2D eigenvalue weighted by molar-refractivity contribution is 5.89. The molecule has 0 aliphatic heterocycles. The van der Waals surface area contributed by atoms with E-state index in [0.717, 1.165) is 6.07 Å². The number of ether oxygens (including phenoxy) is 1. The lowest BCUT2D eigenvalue weighted by Crippen LogP contribution is -2.18. The molecule has 2 N–H and O–H groups in total. The molecule has 0 aromatic heterocycles. The molecule has 7 heteroatoms. The number of nitrogens with one attached hydrogen (secondary N) is 1. The fourth-order valence-corrected chi connectivity index (χ4v) is 1.30. The van der Waals surface area contributed by atoms with Crippen molar-refractivity contribution in [2.45, 2.75) is 13.0 Å². The molecule has 7 nitrogen and oxygen atoms in total. The summed E-state index contributed by atoms with van der Waals surface area (Å²) in [6.45, 7) is 2.20. The van der Waals surface area contributed by atoms with Gasteiger partial charge in [-0.1, -0.05) is 0 Å². The molecular formula is C11H14N2O5. The van der Waals surface area contributed by atoms with Crippen molar-refractivity contribution in [2.75, 3.05) is 19.0 Å². The molecular weight excluding hydrogens is 240 g/mol. The third-order valence-corrected chi connectivity index (χ3v) is 2.42. The molecule has 0 aliphatic carbocycles. The summed E-state index contributed by atoms with van der Waals surface area (Å²) in [5, 5.41) is 22.5. The Kier molecular flexibility index (Phi) is 4.61. The molecule has 0 bridgehead atoms. The highest BCUT2D eigenvalue weighted by Gasteiger charge is 2.17. The maximum atomic E-state index is 10.9. The van der Waals surface area contributed by atoms with E-state index in [1.54, 1.807) is 0 Å². The maximum absolute atomic E-state index is 10.9. The smallest absolute Gasteiger partial charge is 0.335 e. The van der Waals surface area contributed by atoms with Gasteiger partial charge in [-0.2, -0.15) is 0 Å². The predicted molar refractivity (Wildman–Crippen MR) is 65.0 cm³/mol. The quantitative estimate of drug-likeness (QED) is 0.592. The van der Waals surface area contributed by atoms with E-state index in [4.69, 9.17) is 9.84 Å². The van der Waals surface area contributed by atoms with Gasteiger partial charge in [0.05, 0.1) is 16.6 Å². The molecule has 1 aromatic rings. The van der Waals surface area contributed by atoms with Crippen LogP contribution in [0, 0.1) is 10.1 Å². The minimum Gasteiger partial charge on any atom is -0.478 e. The second kappa shape index (κ2) is 5.97. The van der Waals surface area contributed by atoms with Gasteiger partial charge in [0.2, 0.25) is 0 Å². The second-order valence-electron chi connectivity index (χ2n) is 3.72. The van der Waals surface area contributed by atoms with Gasteiger partial charge in [0.15, 0.2) is 0 Å². The first kappa shape index (κ1) is 13.9. The summed E-state index contributed by atoms with van der Waals surface area (Å²) in [6, 6.07) is 3.72. The van der Waals surface area contributed by atoms with Crippen LogP contribution in [0.5, 0.6) is 0 Å². The average Bonchev–Trinajstić information content (AvgIpc) is 2.35. The van der Waals surface area contributed by atoms with Crippen LogP contribution in [-0.2, 0) is 4.74 Å². The molecule has 0 saturated carbocycles. The van der Waals surface area contributed by atoms with Gasteiger partial charge in [0.1, 0.15) is 5.69 Å². The van der Waals surface area contributed by atoms with Crippen LogP contribution in [0.3, 0.4) is 0 Å². The molecule has 0 aliphatic rings. The Morgan fingerprint density at radius 3 is 2.78 bits per heavy atom. The number of methoxy groups -OCH3 is 1. The largest absolute Gasteiger partial charge is 0.478 e. The summed E-state index contributed by atoms with van der Waals surface area (Å²) in [7, 11) is 1.54. The van der Waals surface area contributed by atoms with Crippen molar-refractivity contribution in [1.82, 2.24) is 0 Å². The zero-order chi connectivity index (χ0) is 13.7. The molecule has 0 spiro atoms. The number of nitro groups is 1. The van der Waals surface area contributed by atoms with Gasteiger partial charge in [-0.25, -0.2) is 4.79 Å². The van der Waals surface area contributed by atoms with E-state index in [1.807, 2.05) is 6.92 Å². The minimum absolute atomic E-state index is 0.108. The molecule has 1 aromatic carbocycles. The number of hydrogen-bond donors (Lipinski definition) is 2. The van der Waals surface area contributed by atoms with E-state index in [0.29, 0.717) is 6.54 Å². The zero-order valence-electron chi connectivity index (χ0n) is 10.0. The molecule has 0 amide bonds. The molecule has 0 saturated heterocycles. The van der Waals surface area contributed by atoms with E-state index in [9.17, 15) is 14.9 Å². The Balaban J connectivity index is 2.97. The van der Waals surface area contributed by atoms with E-state index in [-0.39, 0.29) is 23.0 Å². The highest BCUT2D eigenvalue weighted by Crippen LogP contribution is 2.25. The Bertz CT molecular complexity index is 461. The van der Waals surface area contributed by atoms with Crippen LogP contribution in [0.15, 0.2) is 18.2 Å². The van der Waals surface area contributed by atoms with Crippen LogP contribution in [0.2, 0.25) is 0 Å². The van der Waals surface area contributed by atoms with Gasteiger partial charge in [-0.3, -0.25) is 10.1 Å². The fraction of sp³-hybridized carbons (Fsp3) is 0.364. The SMILES string of the molecule is COC(C)CNc1ccc(C(=O)O)cc1[N+](=O)[O-]. The second-order valence-corrected chi connectivity index (χ2v) is 3.72. The first-order valence-electron chi connectivity index (χ1n) is 5.24. The summed E-state index contributed by atoms with van der Waals surface area (Å²) < 4.78 is 5.01. The third-order valence-electron chi connectivity index (χ3n) is 2.42. The predicted octanol–water partition coefficient (Wildman–Crippen LogP) is 1.74. The van der Waals surface area contributed by atoms with Crippen molar-refractivity contribution in [2.24, 2.45) is 0 Å². The van der Waals surface area contributed by atoms with Crippen molar-refractivity contribution in [3.05, 3.63) is 33.9 Å². The lowest BCUT2D eigenvalue weighted by molar-refractivity contribution is -0.384. The minimum atomic E-state index is -1.20. The van der Waals surface area contributed by atoms with E-state index in [1.165, 1.54) is 19.2 Å². The Labute approximate surface area is 104 Å². The number of benzene rings is 1. The monoisotopic (exact) mass is 254 g/mol. The number of aromatic carboxylic acids is 1. The summed E-state index contributed by atoms with van der Waals surface area (Å²) in [4.78, 5) is 21.0. The van der Waals surface area contributed by atoms with Crippen LogP contribution in [-0.4, -0.2) is 35.8 Å². The average molecular weight is 254 g/mol. The molecule has 18 heavy (non-hydrogen) atoms. The molecule has 0 radical (unpaired) electrons. The van der Waals surface area contributed by atoms with E-state index < -0.39 is 10.9 Å². The lowest BCUT2D eigenvalue weighted by atomic mass is 10.1. The number of carbonyl (C=O) groups is 1. The number of nitro benzene ring substituents is 1. The summed E-state index contributed by atoms with van der Waals surface area (Å²) in [5.41, 5.74) is -0.112. The van der Waals surface area contributed by atoms with Crippen molar-refractivity contribution >= 4 is 17.3 Å². The van der Waals surface area contributed by atoms with E-state index in [2.05, 4.69) is 5.32 Å². The topological polar surface area (TPSA) is 102 Å². The number of carboxylic acid groups (broad SMARTS) is 1. The van der Waals surface area contributed by atoms with Crippen molar-refractivity contribution in [3.8, 4) is 0 Å². The molecule has 1 rings (SSSR count).